The van der Waals surface area contributed by atoms with E-state index in [1.165, 1.54) is 21.6 Å². The van der Waals surface area contributed by atoms with Crippen molar-refractivity contribution in [1.82, 2.24) is 14.8 Å². The molecule has 2 aromatic carbocycles. The molecule has 3 heterocycles. The van der Waals surface area contributed by atoms with Crippen LogP contribution < -0.4 is 5.01 Å². The lowest BCUT2D eigenvalue weighted by Gasteiger charge is -2.18. The van der Waals surface area contributed by atoms with Gasteiger partial charge < -0.3 is 0 Å². The fourth-order valence-electron chi connectivity index (χ4n) is 3.68. The highest BCUT2D eigenvalue weighted by molar-refractivity contribution is 7.15. The number of benzene rings is 2. The van der Waals surface area contributed by atoms with Gasteiger partial charge in [0.05, 0.1) is 6.54 Å². The van der Waals surface area contributed by atoms with Crippen LogP contribution in [0.1, 0.15) is 33.0 Å². The van der Waals surface area contributed by atoms with Crippen molar-refractivity contribution in [2.75, 3.05) is 5.01 Å². The van der Waals surface area contributed by atoms with Crippen molar-refractivity contribution in [3.63, 3.8) is 0 Å². The highest BCUT2D eigenvalue weighted by Gasteiger charge is 2.30. The molecule has 0 fully saturated rings. The van der Waals surface area contributed by atoms with E-state index in [1.807, 2.05) is 24.1 Å². The molecule has 0 saturated carbocycles. The van der Waals surface area contributed by atoms with Gasteiger partial charge in [0.15, 0.2) is 0 Å². The molecule has 5 nitrogen and oxygen atoms in total. The van der Waals surface area contributed by atoms with E-state index in [2.05, 4.69) is 77.1 Å². The largest absolute Gasteiger partial charge is 0.254 e. The molecule has 6 heteroatoms. The number of aromatic nitrogens is 3. The van der Waals surface area contributed by atoms with E-state index in [0.717, 1.165) is 28.0 Å². The van der Waals surface area contributed by atoms with Gasteiger partial charge in [-0.25, -0.2) is 5.01 Å². The first kappa shape index (κ1) is 17.8. The maximum absolute atomic E-state index is 5.14. The second-order valence-electron chi connectivity index (χ2n) is 7.20. The summed E-state index contributed by atoms with van der Waals surface area (Å²) in [5.41, 5.74) is 5.67. The van der Waals surface area contributed by atoms with Crippen molar-refractivity contribution in [1.29, 1.82) is 0 Å². The molecule has 1 aliphatic heterocycles. The zero-order valence-corrected chi connectivity index (χ0v) is 17.4. The molecule has 0 unspecified atom stereocenters. The van der Waals surface area contributed by atoms with Crippen LogP contribution in [0, 0.1) is 20.8 Å². The zero-order chi connectivity index (χ0) is 20.0. The minimum Gasteiger partial charge on any atom is -0.254 e. The van der Waals surface area contributed by atoms with Crippen molar-refractivity contribution in [2.24, 2.45) is 5.10 Å². The summed E-state index contributed by atoms with van der Waals surface area (Å²) in [4.78, 5) is 1.29. The third-order valence-corrected chi connectivity index (χ3v) is 6.48. The summed E-state index contributed by atoms with van der Waals surface area (Å²) >= 11 is 1.77. The molecule has 0 aliphatic carbocycles. The minimum atomic E-state index is 0.627. The third kappa shape index (κ3) is 2.96. The second-order valence-corrected chi connectivity index (χ2v) is 8.41. The van der Waals surface area contributed by atoms with Crippen molar-refractivity contribution < 1.29 is 0 Å². The standard InChI is InChI=1S/C23H21N5S/c1-15-16(2)29-22-20(15)21(19-12-8-5-9-13-19)26-27(14-18-10-6-4-7-11-18)23-25-24-17(3)28(22)23/h4-13H,14H2,1-3H3. The van der Waals surface area contributed by atoms with Gasteiger partial charge in [-0.2, -0.15) is 5.10 Å². The van der Waals surface area contributed by atoms with Crippen molar-refractivity contribution in [2.45, 2.75) is 27.3 Å². The van der Waals surface area contributed by atoms with Crippen LogP contribution in [0.4, 0.5) is 5.95 Å². The highest BCUT2D eigenvalue weighted by Crippen LogP contribution is 2.38. The monoisotopic (exact) mass is 399 g/mol. The summed E-state index contributed by atoms with van der Waals surface area (Å²) in [6.07, 6.45) is 0. The molecule has 0 radical (unpaired) electrons. The van der Waals surface area contributed by atoms with Gasteiger partial charge in [0.25, 0.3) is 5.95 Å². The van der Waals surface area contributed by atoms with E-state index >= 15 is 0 Å². The van der Waals surface area contributed by atoms with E-state index in [9.17, 15) is 0 Å². The maximum atomic E-state index is 5.14. The van der Waals surface area contributed by atoms with Gasteiger partial charge in [0, 0.05) is 16.0 Å². The summed E-state index contributed by atoms with van der Waals surface area (Å²) in [7, 11) is 0. The van der Waals surface area contributed by atoms with Crippen molar-refractivity contribution >= 4 is 23.0 Å². The summed E-state index contributed by atoms with van der Waals surface area (Å²) in [6.45, 7) is 6.97. The van der Waals surface area contributed by atoms with Crippen LogP contribution in [0.5, 0.6) is 0 Å². The molecule has 0 saturated heterocycles. The van der Waals surface area contributed by atoms with E-state index < -0.39 is 0 Å². The number of anilines is 1. The number of nitrogens with zero attached hydrogens (tertiary/aromatic N) is 5. The Bertz CT molecular complexity index is 1210. The SMILES string of the molecule is Cc1sc2c(c1C)C(c1ccccc1)=NN(Cc1ccccc1)c1nnc(C)n1-2. The normalized spacial score (nSPS) is 12.9. The molecular formula is C23H21N5S. The van der Waals surface area contributed by atoms with E-state index in [1.54, 1.807) is 11.3 Å². The molecule has 2 aromatic heterocycles. The summed E-state index contributed by atoms with van der Waals surface area (Å²) in [5, 5.41) is 17.1. The third-order valence-electron chi connectivity index (χ3n) is 5.29. The Balaban J connectivity index is 1.77. The predicted octanol–water partition coefficient (Wildman–Crippen LogP) is 5.03. The molecule has 1 aliphatic rings. The number of thiophene rings is 1. The smallest absolute Gasteiger partial charge is 0.253 e. The van der Waals surface area contributed by atoms with Crippen molar-refractivity contribution in [3.05, 3.63) is 93.6 Å². The minimum absolute atomic E-state index is 0.627. The van der Waals surface area contributed by atoms with Crippen LogP contribution >= 0.6 is 11.3 Å². The van der Waals surface area contributed by atoms with Crippen LogP contribution in [0.3, 0.4) is 0 Å². The number of hydrazone groups is 1. The lowest BCUT2D eigenvalue weighted by molar-refractivity contribution is 0.798. The number of hydrogen-bond donors (Lipinski definition) is 0. The Labute approximate surface area is 174 Å². The molecule has 0 amide bonds. The Morgan fingerprint density at radius 2 is 1.55 bits per heavy atom. The Morgan fingerprint density at radius 3 is 2.28 bits per heavy atom. The molecule has 0 N–H and O–H groups in total. The molecule has 0 atom stereocenters. The first-order valence-corrected chi connectivity index (χ1v) is 10.4. The summed E-state index contributed by atoms with van der Waals surface area (Å²) < 4.78 is 2.14. The first-order chi connectivity index (χ1) is 14.1. The van der Waals surface area contributed by atoms with Crippen molar-refractivity contribution in [3.8, 4) is 5.00 Å². The summed E-state index contributed by atoms with van der Waals surface area (Å²) in [5.74, 6) is 1.62. The molecular weight excluding hydrogens is 378 g/mol. The molecule has 5 rings (SSSR count). The van der Waals surface area contributed by atoms with Gasteiger partial charge in [0.2, 0.25) is 0 Å². The van der Waals surface area contributed by atoms with Gasteiger partial charge in [-0.3, -0.25) is 4.57 Å². The molecule has 4 aromatic rings. The number of hydrogen-bond acceptors (Lipinski definition) is 5. The molecule has 0 spiro atoms. The Kier molecular flexibility index (Phi) is 4.28. The van der Waals surface area contributed by atoms with E-state index in [4.69, 9.17) is 5.10 Å². The highest BCUT2D eigenvalue weighted by atomic mass is 32.1. The molecule has 144 valence electrons. The van der Waals surface area contributed by atoms with Gasteiger partial charge >= 0.3 is 0 Å². The van der Waals surface area contributed by atoms with Gasteiger partial charge in [0.1, 0.15) is 16.5 Å². The molecule has 29 heavy (non-hydrogen) atoms. The predicted molar refractivity (Wildman–Crippen MR) is 118 cm³/mol. The number of fused-ring (bicyclic) bond motifs is 3. The zero-order valence-electron chi connectivity index (χ0n) is 16.6. The first-order valence-electron chi connectivity index (χ1n) is 9.61. The second kappa shape index (κ2) is 6.97. The van der Waals surface area contributed by atoms with Crippen LogP contribution in [0.2, 0.25) is 0 Å². The number of aryl methyl sites for hydroxylation is 2. The van der Waals surface area contributed by atoms with Crippen LogP contribution in [-0.2, 0) is 6.54 Å². The molecule has 0 bridgehead atoms. The number of rotatable bonds is 3. The topological polar surface area (TPSA) is 46.3 Å². The quantitative estimate of drug-likeness (QED) is 0.486. The van der Waals surface area contributed by atoms with Gasteiger partial charge in [-0.05, 0) is 31.9 Å². The Morgan fingerprint density at radius 1 is 0.862 bits per heavy atom. The lowest BCUT2D eigenvalue weighted by atomic mass is 10.00. The van der Waals surface area contributed by atoms with Gasteiger partial charge in [-0.15, -0.1) is 21.5 Å². The average molecular weight is 400 g/mol. The van der Waals surface area contributed by atoms with Crippen LogP contribution in [-0.4, -0.2) is 20.5 Å². The average Bonchev–Trinajstić information content (AvgIpc) is 3.22. The van der Waals surface area contributed by atoms with Crippen LogP contribution in [0.25, 0.3) is 5.00 Å². The van der Waals surface area contributed by atoms with Crippen LogP contribution in [0.15, 0.2) is 65.8 Å². The van der Waals surface area contributed by atoms with Gasteiger partial charge in [-0.1, -0.05) is 60.7 Å². The maximum Gasteiger partial charge on any atom is 0.253 e. The lowest BCUT2D eigenvalue weighted by Crippen LogP contribution is -2.20. The van der Waals surface area contributed by atoms with E-state index in [-0.39, 0.29) is 0 Å². The van der Waals surface area contributed by atoms with E-state index in [0.29, 0.717) is 6.54 Å². The summed E-state index contributed by atoms with van der Waals surface area (Å²) in [6, 6.07) is 20.7. The fourth-order valence-corrected chi connectivity index (χ4v) is 4.88. The fraction of sp³-hybridized carbons (Fsp3) is 0.174. The Hall–Kier alpha value is -3.25.